The summed E-state index contributed by atoms with van der Waals surface area (Å²) >= 11 is 0. The van der Waals surface area contributed by atoms with Crippen LogP contribution in [0.5, 0.6) is 23.0 Å². The Balaban J connectivity index is 1.95. The predicted molar refractivity (Wildman–Crippen MR) is 116 cm³/mol. The fourth-order valence-corrected chi connectivity index (χ4v) is 3.35. The van der Waals surface area contributed by atoms with Crippen molar-refractivity contribution in [3.8, 4) is 51.1 Å². The van der Waals surface area contributed by atoms with Crippen LogP contribution >= 0.6 is 0 Å². The molecule has 0 spiro atoms. The van der Waals surface area contributed by atoms with Gasteiger partial charge in [-0.2, -0.15) is 5.10 Å². The van der Waals surface area contributed by atoms with E-state index in [1.54, 1.807) is 38.1 Å². The van der Waals surface area contributed by atoms with E-state index in [1.165, 1.54) is 0 Å². The highest BCUT2D eigenvalue weighted by molar-refractivity contribution is 5.87. The maximum absolute atomic E-state index is 10.8. The van der Waals surface area contributed by atoms with Gasteiger partial charge in [0.2, 0.25) is 0 Å². The van der Waals surface area contributed by atoms with Crippen molar-refractivity contribution in [3.05, 3.63) is 72.9 Å². The standard InChI is InChI=1S/C24H22N2O4/c1-28-18-11-9-16(10-12-18)20-15-26(17-7-5-4-6-8-17)25-24(20)23-21(27)13-19(29-2)14-22(23)30-3/h4-15,27H,1-3H3. The van der Waals surface area contributed by atoms with Gasteiger partial charge in [-0.15, -0.1) is 0 Å². The van der Waals surface area contributed by atoms with Crippen molar-refractivity contribution in [1.82, 2.24) is 9.78 Å². The summed E-state index contributed by atoms with van der Waals surface area (Å²) in [6, 6.07) is 20.8. The van der Waals surface area contributed by atoms with E-state index in [4.69, 9.17) is 19.3 Å². The van der Waals surface area contributed by atoms with Crippen LogP contribution in [0.3, 0.4) is 0 Å². The minimum absolute atomic E-state index is 0.0271. The van der Waals surface area contributed by atoms with Crippen LogP contribution in [-0.4, -0.2) is 36.2 Å². The Morgan fingerprint density at radius 3 is 2.13 bits per heavy atom. The molecular weight excluding hydrogens is 380 g/mol. The second-order valence-corrected chi connectivity index (χ2v) is 6.62. The Hall–Kier alpha value is -3.93. The van der Waals surface area contributed by atoms with Gasteiger partial charge in [-0.25, -0.2) is 4.68 Å². The number of methoxy groups -OCH3 is 3. The van der Waals surface area contributed by atoms with Crippen molar-refractivity contribution < 1.29 is 19.3 Å². The highest BCUT2D eigenvalue weighted by Gasteiger charge is 2.22. The molecule has 0 aliphatic rings. The van der Waals surface area contributed by atoms with Gasteiger partial charge >= 0.3 is 0 Å². The predicted octanol–water partition coefficient (Wildman–Crippen LogP) is 4.94. The summed E-state index contributed by atoms with van der Waals surface area (Å²) in [5.41, 5.74) is 3.79. The second-order valence-electron chi connectivity index (χ2n) is 6.62. The molecule has 6 heteroatoms. The number of ether oxygens (including phenoxy) is 3. The molecule has 152 valence electrons. The molecule has 1 aromatic heterocycles. The van der Waals surface area contributed by atoms with Crippen LogP contribution in [0.2, 0.25) is 0 Å². The molecule has 0 unspecified atom stereocenters. The summed E-state index contributed by atoms with van der Waals surface area (Å²) in [5.74, 6) is 1.77. The van der Waals surface area contributed by atoms with Gasteiger partial charge in [0.15, 0.2) is 0 Å². The SMILES string of the molecule is COc1ccc(-c2cn(-c3ccccc3)nc2-c2c(O)cc(OC)cc2OC)cc1. The van der Waals surface area contributed by atoms with Crippen molar-refractivity contribution in [3.63, 3.8) is 0 Å². The molecule has 30 heavy (non-hydrogen) atoms. The van der Waals surface area contributed by atoms with Gasteiger partial charge in [-0.3, -0.25) is 0 Å². The van der Waals surface area contributed by atoms with Crippen LogP contribution in [0.4, 0.5) is 0 Å². The zero-order valence-corrected chi connectivity index (χ0v) is 17.0. The molecule has 0 saturated carbocycles. The fourth-order valence-electron chi connectivity index (χ4n) is 3.35. The van der Waals surface area contributed by atoms with Gasteiger partial charge in [0.1, 0.15) is 28.7 Å². The number of benzene rings is 3. The highest BCUT2D eigenvalue weighted by Crippen LogP contribution is 2.44. The summed E-state index contributed by atoms with van der Waals surface area (Å²) in [5, 5.41) is 15.6. The number of aromatic hydroxyl groups is 1. The number of hydrogen-bond acceptors (Lipinski definition) is 5. The van der Waals surface area contributed by atoms with Gasteiger partial charge < -0.3 is 19.3 Å². The summed E-state index contributed by atoms with van der Waals surface area (Å²) in [7, 11) is 4.73. The minimum atomic E-state index is 0.0271. The third-order valence-electron chi connectivity index (χ3n) is 4.88. The normalized spacial score (nSPS) is 10.6. The lowest BCUT2D eigenvalue weighted by molar-refractivity contribution is 0.386. The number of phenols is 1. The molecule has 0 amide bonds. The zero-order valence-electron chi connectivity index (χ0n) is 17.0. The highest BCUT2D eigenvalue weighted by atomic mass is 16.5. The smallest absolute Gasteiger partial charge is 0.135 e. The molecule has 0 aliphatic heterocycles. The average Bonchev–Trinajstić information content (AvgIpc) is 3.24. The lowest BCUT2D eigenvalue weighted by atomic mass is 10.00. The fraction of sp³-hybridized carbons (Fsp3) is 0.125. The summed E-state index contributed by atoms with van der Waals surface area (Å²) in [4.78, 5) is 0. The van der Waals surface area contributed by atoms with E-state index in [-0.39, 0.29) is 5.75 Å². The number of nitrogens with zero attached hydrogens (tertiary/aromatic N) is 2. The van der Waals surface area contributed by atoms with Crippen molar-refractivity contribution in [1.29, 1.82) is 0 Å². The molecular formula is C24H22N2O4. The van der Waals surface area contributed by atoms with E-state index in [9.17, 15) is 5.11 Å². The largest absolute Gasteiger partial charge is 0.507 e. The molecule has 0 fully saturated rings. The van der Waals surface area contributed by atoms with Crippen molar-refractivity contribution in [2.45, 2.75) is 0 Å². The number of rotatable bonds is 6. The molecule has 0 atom stereocenters. The Morgan fingerprint density at radius 1 is 0.800 bits per heavy atom. The third-order valence-corrected chi connectivity index (χ3v) is 4.88. The van der Waals surface area contributed by atoms with Crippen LogP contribution in [0.25, 0.3) is 28.1 Å². The molecule has 0 aliphatic carbocycles. The monoisotopic (exact) mass is 402 g/mol. The Kier molecular flexibility index (Phi) is 5.30. The molecule has 0 bridgehead atoms. The van der Waals surface area contributed by atoms with Crippen molar-refractivity contribution in [2.24, 2.45) is 0 Å². The van der Waals surface area contributed by atoms with E-state index in [2.05, 4.69) is 0 Å². The molecule has 4 rings (SSSR count). The lowest BCUT2D eigenvalue weighted by Gasteiger charge is -2.12. The van der Waals surface area contributed by atoms with Crippen LogP contribution in [0.15, 0.2) is 72.9 Å². The first-order valence-corrected chi connectivity index (χ1v) is 9.39. The minimum Gasteiger partial charge on any atom is -0.507 e. The maximum atomic E-state index is 10.8. The Labute approximate surface area is 174 Å². The van der Waals surface area contributed by atoms with Crippen LogP contribution in [-0.2, 0) is 0 Å². The zero-order chi connectivity index (χ0) is 21.1. The van der Waals surface area contributed by atoms with E-state index in [0.717, 1.165) is 22.6 Å². The summed E-state index contributed by atoms with van der Waals surface area (Å²) in [6.45, 7) is 0. The van der Waals surface area contributed by atoms with Gasteiger partial charge in [0.05, 0.1) is 32.6 Å². The second kappa shape index (κ2) is 8.21. The van der Waals surface area contributed by atoms with Crippen molar-refractivity contribution in [2.75, 3.05) is 21.3 Å². The van der Waals surface area contributed by atoms with Crippen molar-refractivity contribution >= 4 is 0 Å². The summed E-state index contributed by atoms with van der Waals surface area (Å²) in [6.07, 6.45) is 1.94. The Morgan fingerprint density at radius 2 is 1.50 bits per heavy atom. The molecule has 0 radical (unpaired) electrons. The maximum Gasteiger partial charge on any atom is 0.135 e. The quantitative estimate of drug-likeness (QED) is 0.495. The molecule has 1 heterocycles. The van der Waals surface area contributed by atoms with Gasteiger partial charge in [-0.05, 0) is 29.8 Å². The van der Waals surface area contributed by atoms with E-state index < -0.39 is 0 Å². The van der Waals surface area contributed by atoms with Crippen LogP contribution in [0.1, 0.15) is 0 Å². The Bertz CT molecular complexity index is 1150. The van der Waals surface area contributed by atoms with E-state index >= 15 is 0 Å². The summed E-state index contributed by atoms with van der Waals surface area (Å²) < 4.78 is 17.9. The first-order valence-electron chi connectivity index (χ1n) is 9.39. The first kappa shape index (κ1) is 19.4. The molecule has 4 aromatic rings. The molecule has 1 N–H and O–H groups in total. The van der Waals surface area contributed by atoms with Crippen LogP contribution in [0, 0.1) is 0 Å². The number of aromatic nitrogens is 2. The number of para-hydroxylation sites is 1. The van der Waals surface area contributed by atoms with Gasteiger partial charge in [-0.1, -0.05) is 30.3 Å². The van der Waals surface area contributed by atoms with E-state index in [1.807, 2.05) is 60.8 Å². The van der Waals surface area contributed by atoms with Gasteiger partial charge in [0.25, 0.3) is 0 Å². The van der Waals surface area contributed by atoms with Crippen LogP contribution < -0.4 is 14.2 Å². The topological polar surface area (TPSA) is 65.7 Å². The molecule has 3 aromatic carbocycles. The third kappa shape index (κ3) is 3.55. The average molecular weight is 402 g/mol. The number of phenolic OH excluding ortho intramolecular Hbond substituents is 1. The van der Waals surface area contributed by atoms with Gasteiger partial charge in [0, 0.05) is 23.9 Å². The molecule has 6 nitrogen and oxygen atoms in total. The molecule has 0 saturated heterocycles. The first-order chi connectivity index (χ1) is 14.6. The van der Waals surface area contributed by atoms with E-state index in [0.29, 0.717) is 22.8 Å². The lowest BCUT2D eigenvalue weighted by Crippen LogP contribution is -1.96. The number of hydrogen-bond donors (Lipinski definition) is 1.